The number of amides is 1. The molecule has 1 heterocycles. The number of benzene rings is 3. The number of hydrogen-bond donors (Lipinski definition) is 2. The third kappa shape index (κ3) is 6.55. The van der Waals surface area contributed by atoms with Crippen molar-refractivity contribution in [3.05, 3.63) is 95.6 Å². The second-order valence-corrected chi connectivity index (χ2v) is 11.0. The normalized spacial score (nSPS) is 16.7. The summed E-state index contributed by atoms with van der Waals surface area (Å²) < 4.78 is 33.3. The third-order valence-corrected chi connectivity index (χ3v) is 8.28. The minimum Gasteiger partial charge on any atom is -0.489 e. The van der Waals surface area contributed by atoms with Gasteiger partial charge in [-0.25, -0.2) is 13.2 Å². The molecule has 37 heavy (non-hydrogen) atoms. The maximum Gasteiger partial charge on any atom is 0.326 e. The maximum absolute atomic E-state index is 13.2. The Morgan fingerprint density at radius 3 is 2.32 bits per heavy atom. The molecule has 8 nitrogen and oxygen atoms in total. The van der Waals surface area contributed by atoms with Crippen LogP contribution < -0.4 is 10.1 Å². The summed E-state index contributed by atoms with van der Waals surface area (Å²) in [6.45, 7) is 2.48. The van der Waals surface area contributed by atoms with Crippen molar-refractivity contribution in [3.8, 4) is 5.75 Å². The number of carbonyl (C=O) groups is 2. The highest BCUT2D eigenvalue weighted by molar-refractivity contribution is 7.89. The van der Waals surface area contributed by atoms with Crippen LogP contribution in [0.5, 0.6) is 5.75 Å². The molecule has 1 aliphatic rings. The van der Waals surface area contributed by atoms with E-state index in [-0.39, 0.29) is 17.9 Å². The van der Waals surface area contributed by atoms with Crippen LogP contribution in [0.2, 0.25) is 0 Å². The molecule has 194 valence electrons. The molecule has 1 aliphatic heterocycles. The number of ether oxygens (including phenoxy) is 1. The van der Waals surface area contributed by atoms with Gasteiger partial charge in [0.15, 0.2) is 0 Å². The van der Waals surface area contributed by atoms with Crippen molar-refractivity contribution < 1.29 is 27.9 Å². The van der Waals surface area contributed by atoms with E-state index in [1.807, 2.05) is 37.3 Å². The minimum absolute atomic E-state index is 0.0530. The van der Waals surface area contributed by atoms with Crippen LogP contribution in [0.25, 0.3) is 0 Å². The van der Waals surface area contributed by atoms with Crippen molar-refractivity contribution >= 4 is 21.9 Å². The zero-order chi connectivity index (χ0) is 26.4. The van der Waals surface area contributed by atoms with E-state index in [0.29, 0.717) is 30.8 Å². The van der Waals surface area contributed by atoms with Crippen LogP contribution in [-0.4, -0.2) is 48.3 Å². The van der Waals surface area contributed by atoms with E-state index in [2.05, 4.69) is 5.32 Å². The fourth-order valence-electron chi connectivity index (χ4n) is 4.30. The van der Waals surface area contributed by atoms with Crippen molar-refractivity contribution in [1.82, 2.24) is 9.62 Å². The molecule has 2 atom stereocenters. The van der Waals surface area contributed by atoms with E-state index < -0.39 is 34.0 Å². The summed E-state index contributed by atoms with van der Waals surface area (Å²) in [7, 11) is -3.88. The zero-order valence-electron chi connectivity index (χ0n) is 20.5. The molecule has 3 aromatic rings. The first-order valence-corrected chi connectivity index (χ1v) is 13.6. The molecule has 3 aromatic carbocycles. The topological polar surface area (TPSA) is 113 Å². The molecule has 0 saturated carbocycles. The van der Waals surface area contributed by atoms with Gasteiger partial charge in [-0.1, -0.05) is 60.2 Å². The summed E-state index contributed by atoms with van der Waals surface area (Å²) in [6, 6.07) is 21.0. The van der Waals surface area contributed by atoms with Gasteiger partial charge in [0.25, 0.3) is 0 Å². The quantitative estimate of drug-likeness (QED) is 0.421. The number of nitrogens with one attached hydrogen (secondary N) is 1. The molecule has 1 amide bonds. The number of aryl methyl sites for hydroxylation is 1. The van der Waals surface area contributed by atoms with Crippen LogP contribution in [0.1, 0.15) is 29.5 Å². The summed E-state index contributed by atoms with van der Waals surface area (Å²) in [5.74, 6) is -1.15. The van der Waals surface area contributed by atoms with E-state index in [4.69, 9.17) is 4.74 Å². The second-order valence-electron chi connectivity index (χ2n) is 9.11. The lowest BCUT2D eigenvalue weighted by atomic mass is 10.1. The highest BCUT2D eigenvalue weighted by atomic mass is 32.2. The van der Waals surface area contributed by atoms with Crippen LogP contribution in [0.15, 0.2) is 83.8 Å². The SMILES string of the molecule is Cc1ccc(S(=O)(=O)N2CCC[C@H]2C(=O)N[C@@H](Cc2ccc(OCc3ccccc3)cc2)C(=O)O)cc1. The first kappa shape index (κ1) is 26.4. The van der Waals surface area contributed by atoms with Gasteiger partial charge >= 0.3 is 5.97 Å². The fraction of sp³-hybridized carbons (Fsp3) is 0.286. The Morgan fingerprint density at radius 2 is 1.68 bits per heavy atom. The minimum atomic E-state index is -3.88. The lowest BCUT2D eigenvalue weighted by Gasteiger charge is -2.25. The highest BCUT2D eigenvalue weighted by Gasteiger charge is 2.40. The largest absolute Gasteiger partial charge is 0.489 e. The van der Waals surface area contributed by atoms with Gasteiger partial charge in [-0.2, -0.15) is 4.31 Å². The first-order chi connectivity index (χ1) is 17.7. The van der Waals surface area contributed by atoms with E-state index in [9.17, 15) is 23.1 Å². The summed E-state index contributed by atoms with van der Waals surface area (Å²) in [5, 5.41) is 12.3. The van der Waals surface area contributed by atoms with Gasteiger partial charge in [-0.05, 0) is 55.2 Å². The van der Waals surface area contributed by atoms with E-state index in [1.54, 1.807) is 36.4 Å². The molecule has 0 radical (unpaired) electrons. The smallest absolute Gasteiger partial charge is 0.326 e. The molecular weight excluding hydrogens is 492 g/mol. The van der Waals surface area contributed by atoms with E-state index in [1.165, 1.54) is 16.4 Å². The Kier molecular flexibility index (Phi) is 8.25. The van der Waals surface area contributed by atoms with Crippen molar-refractivity contribution in [2.24, 2.45) is 0 Å². The number of carboxylic acids is 1. The summed E-state index contributed by atoms with van der Waals surface area (Å²) >= 11 is 0. The van der Waals surface area contributed by atoms with Gasteiger partial charge in [0, 0.05) is 13.0 Å². The number of aliphatic carboxylic acids is 1. The van der Waals surface area contributed by atoms with Crippen LogP contribution >= 0.6 is 0 Å². The predicted molar refractivity (Wildman–Crippen MR) is 139 cm³/mol. The van der Waals surface area contributed by atoms with Crippen molar-refractivity contribution in [1.29, 1.82) is 0 Å². The summed E-state index contributed by atoms with van der Waals surface area (Å²) in [4.78, 5) is 25.1. The van der Waals surface area contributed by atoms with Crippen LogP contribution in [0.3, 0.4) is 0 Å². The number of sulfonamides is 1. The van der Waals surface area contributed by atoms with Crippen molar-refractivity contribution in [2.45, 2.75) is 49.8 Å². The monoisotopic (exact) mass is 522 g/mol. The molecule has 0 bridgehead atoms. The number of rotatable bonds is 10. The second kappa shape index (κ2) is 11.6. The standard InChI is InChI=1S/C28H30N2O6S/c1-20-9-15-24(16-10-20)37(34,35)30-17-5-8-26(30)27(31)29-25(28(32)33)18-21-11-13-23(14-12-21)36-19-22-6-3-2-4-7-22/h2-4,6-7,9-16,25-26H,5,8,17-19H2,1H3,(H,29,31)(H,32,33)/t25-,26-/m0/s1. The lowest BCUT2D eigenvalue weighted by Crippen LogP contribution is -2.51. The third-order valence-electron chi connectivity index (χ3n) is 6.36. The van der Waals surface area contributed by atoms with Crippen LogP contribution in [0.4, 0.5) is 0 Å². The summed E-state index contributed by atoms with van der Waals surface area (Å²) in [6.07, 6.45) is 0.902. The number of hydrogen-bond acceptors (Lipinski definition) is 5. The molecular formula is C28H30N2O6S. The van der Waals surface area contributed by atoms with Crippen molar-refractivity contribution in [3.63, 3.8) is 0 Å². The Labute approximate surface area is 216 Å². The van der Waals surface area contributed by atoms with E-state index in [0.717, 1.165) is 11.1 Å². The predicted octanol–water partition coefficient (Wildman–Crippen LogP) is 3.54. The Morgan fingerprint density at radius 1 is 1.00 bits per heavy atom. The molecule has 4 rings (SSSR count). The number of carbonyl (C=O) groups excluding carboxylic acids is 1. The number of carboxylic acid groups (broad SMARTS) is 1. The summed E-state index contributed by atoms with van der Waals surface area (Å²) in [5.41, 5.74) is 2.66. The molecule has 2 N–H and O–H groups in total. The van der Waals surface area contributed by atoms with Gasteiger partial charge in [-0.3, -0.25) is 4.79 Å². The number of nitrogens with zero attached hydrogens (tertiary/aromatic N) is 1. The zero-order valence-corrected chi connectivity index (χ0v) is 21.4. The Balaban J connectivity index is 1.39. The molecule has 1 fully saturated rings. The molecule has 9 heteroatoms. The van der Waals surface area contributed by atoms with Crippen molar-refractivity contribution in [2.75, 3.05) is 6.54 Å². The highest BCUT2D eigenvalue weighted by Crippen LogP contribution is 2.27. The Bertz CT molecular complexity index is 1330. The van der Waals surface area contributed by atoms with Gasteiger partial charge in [0.2, 0.25) is 15.9 Å². The van der Waals surface area contributed by atoms with Gasteiger partial charge < -0.3 is 15.2 Å². The van der Waals surface area contributed by atoms with Crippen LogP contribution in [-0.2, 0) is 32.6 Å². The van der Waals surface area contributed by atoms with Gasteiger partial charge in [0.1, 0.15) is 24.4 Å². The average molecular weight is 523 g/mol. The molecule has 0 spiro atoms. The van der Waals surface area contributed by atoms with E-state index >= 15 is 0 Å². The first-order valence-electron chi connectivity index (χ1n) is 12.1. The maximum atomic E-state index is 13.2. The molecule has 0 unspecified atom stereocenters. The Hall–Kier alpha value is -3.69. The van der Waals surface area contributed by atoms with Gasteiger partial charge in [-0.15, -0.1) is 0 Å². The lowest BCUT2D eigenvalue weighted by molar-refractivity contribution is -0.142. The molecule has 1 saturated heterocycles. The average Bonchev–Trinajstić information content (AvgIpc) is 3.40. The van der Waals surface area contributed by atoms with Gasteiger partial charge in [0.05, 0.1) is 4.90 Å². The molecule has 0 aliphatic carbocycles. The van der Waals surface area contributed by atoms with Crippen LogP contribution in [0, 0.1) is 6.92 Å². The fourth-order valence-corrected chi connectivity index (χ4v) is 5.96. The molecule has 0 aromatic heterocycles.